The quantitative estimate of drug-likeness (QED) is 0.716. The Labute approximate surface area is 171 Å². The third kappa shape index (κ3) is 5.20. The van der Waals surface area contributed by atoms with Crippen LogP contribution in [0.3, 0.4) is 0 Å². The first-order valence-corrected chi connectivity index (χ1v) is 11.2. The molecule has 1 amide bonds. The van der Waals surface area contributed by atoms with Crippen LogP contribution in [-0.4, -0.2) is 44.8 Å². The lowest BCUT2D eigenvalue weighted by atomic mass is 10.2. The third-order valence-electron chi connectivity index (χ3n) is 5.35. The van der Waals surface area contributed by atoms with E-state index in [2.05, 4.69) is 5.32 Å². The highest BCUT2D eigenvalue weighted by molar-refractivity contribution is 7.89. The molecule has 1 fully saturated rings. The molecule has 0 bridgehead atoms. The summed E-state index contributed by atoms with van der Waals surface area (Å²) in [5.41, 5.74) is 1.50. The molecule has 1 aliphatic heterocycles. The average molecular weight is 421 g/mol. The van der Waals surface area contributed by atoms with Crippen LogP contribution in [0, 0.1) is 5.82 Å². The van der Waals surface area contributed by atoms with Gasteiger partial charge in [0.05, 0.1) is 11.9 Å². The van der Waals surface area contributed by atoms with Crippen molar-refractivity contribution >= 4 is 21.6 Å². The van der Waals surface area contributed by atoms with E-state index in [4.69, 9.17) is 0 Å². The zero-order valence-electron chi connectivity index (χ0n) is 16.7. The predicted octanol–water partition coefficient (Wildman–Crippen LogP) is 1.65. The van der Waals surface area contributed by atoms with E-state index >= 15 is 0 Å². The van der Waals surface area contributed by atoms with Gasteiger partial charge in [-0.3, -0.25) is 4.79 Å². The highest BCUT2D eigenvalue weighted by Crippen LogP contribution is 2.22. The molecule has 29 heavy (non-hydrogen) atoms. The Kier molecular flexibility index (Phi) is 6.66. The van der Waals surface area contributed by atoms with Gasteiger partial charge >= 0.3 is 0 Å². The summed E-state index contributed by atoms with van der Waals surface area (Å²) < 4.78 is 39.7. The summed E-state index contributed by atoms with van der Waals surface area (Å²) >= 11 is 0. The van der Waals surface area contributed by atoms with Crippen LogP contribution in [0.4, 0.5) is 10.1 Å². The molecule has 1 unspecified atom stereocenters. The summed E-state index contributed by atoms with van der Waals surface area (Å²) in [6.07, 6.45) is 1.78. The van der Waals surface area contributed by atoms with Crippen molar-refractivity contribution in [3.05, 3.63) is 59.9 Å². The number of amides is 1. The number of carbonyl (C=O) groups is 1. The molecule has 1 aliphatic rings. The summed E-state index contributed by atoms with van der Waals surface area (Å²) in [7, 11) is -1.56. The van der Waals surface area contributed by atoms with Crippen molar-refractivity contribution in [2.45, 2.75) is 37.2 Å². The Hall–Kier alpha value is -2.29. The predicted molar refractivity (Wildman–Crippen MR) is 110 cm³/mol. The van der Waals surface area contributed by atoms with E-state index in [1.165, 1.54) is 28.6 Å². The molecule has 6 nitrogen and oxygen atoms in total. The van der Waals surface area contributed by atoms with Crippen LogP contribution < -0.4 is 10.2 Å². The number of sulfonamides is 1. The molecule has 0 radical (unpaired) electrons. The number of hydrogen-bond donors (Lipinski definition) is 2. The van der Waals surface area contributed by atoms with Crippen molar-refractivity contribution in [3.8, 4) is 0 Å². The van der Waals surface area contributed by atoms with Gasteiger partial charge in [-0.15, -0.1) is 0 Å². The molecule has 1 saturated heterocycles. The van der Waals surface area contributed by atoms with Gasteiger partial charge in [0.1, 0.15) is 12.4 Å². The number of likely N-dealkylation sites (N-methyl/N-ethyl adjacent to an activating group) is 1. The number of nitrogens with zero attached hydrogens (tertiary/aromatic N) is 1. The Balaban J connectivity index is 1.60. The first-order valence-electron chi connectivity index (χ1n) is 9.75. The summed E-state index contributed by atoms with van der Waals surface area (Å²) in [6.45, 7) is 3.52. The zero-order valence-corrected chi connectivity index (χ0v) is 17.5. The smallest absolute Gasteiger partial charge is 0.282 e. The number of quaternary nitrogens is 1. The third-order valence-corrected chi connectivity index (χ3v) is 7.27. The van der Waals surface area contributed by atoms with E-state index in [0.29, 0.717) is 25.3 Å². The fourth-order valence-corrected chi connectivity index (χ4v) is 4.86. The standard InChI is InChI=1S/C21H26FN3O3S/c1-16(24(2)15-17-5-7-18(22)8-6-17)21(26)23-19-9-11-20(12-10-19)29(27,28)25-13-3-4-14-25/h5-12,16H,3-4,13-15H2,1-2H3,(H,23,26)/p+1/t16-/m0/s1. The maximum absolute atomic E-state index is 13.0. The second-order valence-electron chi connectivity index (χ2n) is 7.50. The number of halogens is 1. The van der Waals surface area contributed by atoms with Gasteiger partial charge in [-0.2, -0.15) is 4.31 Å². The van der Waals surface area contributed by atoms with Gasteiger partial charge in [0.2, 0.25) is 10.0 Å². The van der Waals surface area contributed by atoms with Gasteiger partial charge < -0.3 is 10.2 Å². The number of nitrogens with one attached hydrogen (secondary N) is 2. The van der Waals surface area contributed by atoms with Crippen molar-refractivity contribution < 1.29 is 22.5 Å². The average Bonchev–Trinajstić information content (AvgIpc) is 3.25. The minimum atomic E-state index is -3.46. The van der Waals surface area contributed by atoms with Crippen molar-refractivity contribution in [1.82, 2.24) is 4.31 Å². The summed E-state index contributed by atoms with van der Waals surface area (Å²) in [5, 5.41) is 2.84. The first kappa shape index (κ1) is 21.4. The van der Waals surface area contributed by atoms with E-state index in [-0.39, 0.29) is 22.7 Å². The van der Waals surface area contributed by atoms with Gasteiger partial charge in [-0.25, -0.2) is 12.8 Å². The largest absolute Gasteiger partial charge is 0.324 e. The molecule has 8 heteroatoms. The topological polar surface area (TPSA) is 70.9 Å². The van der Waals surface area contributed by atoms with Crippen LogP contribution in [0.5, 0.6) is 0 Å². The van der Waals surface area contributed by atoms with Crippen LogP contribution in [0.1, 0.15) is 25.3 Å². The molecule has 1 heterocycles. The van der Waals surface area contributed by atoms with Gasteiger partial charge in [0.15, 0.2) is 6.04 Å². The lowest BCUT2D eigenvalue weighted by Gasteiger charge is -2.21. The van der Waals surface area contributed by atoms with Crippen LogP contribution in [0.25, 0.3) is 0 Å². The van der Waals surface area contributed by atoms with Crippen LogP contribution in [-0.2, 0) is 21.4 Å². The van der Waals surface area contributed by atoms with Crippen LogP contribution >= 0.6 is 0 Å². The molecule has 0 aromatic heterocycles. The van der Waals surface area contributed by atoms with Crippen molar-refractivity contribution in [2.24, 2.45) is 0 Å². The van der Waals surface area contributed by atoms with E-state index in [9.17, 15) is 17.6 Å². The van der Waals surface area contributed by atoms with Crippen molar-refractivity contribution in [1.29, 1.82) is 0 Å². The summed E-state index contributed by atoms with van der Waals surface area (Å²) in [4.78, 5) is 13.8. The van der Waals surface area contributed by atoms with Crippen molar-refractivity contribution in [2.75, 3.05) is 25.5 Å². The van der Waals surface area contributed by atoms with E-state index in [1.807, 2.05) is 14.0 Å². The minimum Gasteiger partial charge on any atom is -0.324 e. The molecule has 2 aromatic rings. The SMILES string of the molecule is C[C@@H](C(=O)Nc1ccc(S(=O)(=O)N2CCCC2)cc1)[NH+](C)Cc1ccc(F)cc1. The highest BCUT2D eigenvalue weighted by atomic mass is 32.2. The zero-order chi connectivity index (χ0) is 21.0. The molecule has 0 spiro atoms. The van der Waals surface area contributed by atoms with Gasteiger partial charge in [0, 0.05) is 24.3 Å². The lowest BCUT2D eigenvalue weighted by Crippen LogP contribution is -3.12. The summed E-state index contributed by atoms with van der Waals surface area (Å²) in [6, 6.07) is 12.2. The van der Waals surface area contributed by atoms with Crippen LogP contribution in [0.2, 0.25) is 0 Å². The van der Waals surface area contributed by atoms with E-state index in [0.717, 1.165) is 23.3 Å². The lowest BCUT2D eigenvalue weighted by molar-refractivity contribution is -0.907. The number of carbonyl (C=O) groups excluding carboxylic acids is 1. The molecule has 3 rings (SSSR count). The normalized spacial score (nSPS) is 17.1. The fourth-order valence-electron chi connectivity index (χ4n) is 3.34. The maximum atomic E-state index is 13.0. The molecule has 2 aromatic carbocycles. The number of hydrogen-bond acceptors (Lipinski definition) is 3. The second-order valence-corrected chi connectivity index (χ2v) is 9.43. The molecule has 156 valence electrons. The fraction of sp³-hybridized carbons (Fsp3) is 0.381. The maximum Gasteiger partial charge on any atom is 0.282 e. The monoisotopic (exact) mass is 420 g/mol. The molecular weight excluding hydrogens is 393 g/mol. The Morgan fingerprint density at radius 2 is 1.69 bits per heavy atom. The Bertz CT molecular complexity index is 940. The Morgan fingerprint density at radius 1 is 1.10 bits per heavy atom. The number of benzene rings is 2. The van der Waals surface area contributed by atoms with Crippen molar-refractivity contribution in [3.63, 3.8) is 0 Å². The van der Waals surface area contributed by atoms with E-state index < -0.39 is 10.0 Å². The summed E-state index contributed by atoms with van der Waals surface area (Å²) in [5.74, 6) is -0.452. The molecule has 2 N–H and O–H groups in total. The molecule has 0 aliphatic carbocycles. The molecule has 0 saturated carbocycles. The van der Waals surface area contributed by atoms with Gasteiger partial charge in [0.25, 0.3) is 5.91 Å². The van der Waals surface area contributed by atoms with Gasteiger partial charge in [-0.1, -0.05) is 12.1 Å². The highest BCUT2D eigenvalue weighted by Gasteiger charge is 2.27. The molecular formula is C21H27FN3O3S+. The van der Waals surface area contributed by atoms with Crippen LogP contribution in [0.15, 0.2) is 53.4 Å². The molecule has 2 atom stereocenters. The van der Waals surface area contributed by atoms with E-state index in [1.54, 1.807) is 24.3 Å². The Morgan fingerprint density at radius 3 is 2.28 bits per heavy atom. The number of rotatable bonds is 7. The second kappa shape index (κ2) is 9.02. The first-order chi connectivity index (χ1) is 13.8. The van der Waals surface area contributed by atoms with Gasteiger partial charge in [-0.05, 0) is 56.2 Å². The number of anilines is 1. The minimum absolute atomic E-state index is 0.167.